The van der Waals surface area contributed by atoms with Crippen molar-refractivity contribution in [1.82, 2.24) is 9.62 Å². The van der Waals surface area contributed by atoms with Crippen molar-refractivity contribution in [2.75, 3.05) is 19.6 Å². The number of hydrogen-bond donors (Lipinski definition) is 2. The van der Waals surface area contributed by atoms with Crippen LogP contribution in [0.2, 0.25) is 0 Å². The molecule has 0 radical (unpaired) electrons. The average molecular weight is 368 g/mol. The molecule has 0 spiro atoms. The van der Waals surface area contributed by atoms with E-state index in [1.165, 1.54) is 6.07 Å². The third kappa shape index (κ3) is 4.59. The molecule has 1 aliphatic carbocycles. The Labute approximate surface area is 150 Å². The number of nitrogens with one attached hydrogen (secondary N) is 1. The number of carboxylic acid groups (broad SMARTS) is 1. The van der Waals surface area contributed by atoms with Gasteiger partial charge < -0.3 is 5.11 Å². The van der Waals surface area contributed by atoms with Crippen LogP contribution in [0.15, 0.2) is 17.0 Å². The molecule has 7 heteroatoms. The Kier molecular flexibility index (Phi) is 6.59. The van der Waals surface area contributed by atoms with Gasteiger partial charge in [-0.05, 0) is 69.0 Å². The zero-order valence-corrected chi connectivity index (χ0v) is 16.0. The van der Waals surface area contributed by atoms with Gasteiger partial charge in [-0.15, -0.1) is 0 Å². The fraction of sp³-hybridized carbons (Fsp3) is 0.611. The summed E-state index contributed by atoms with van der Waals surface area (Å²) in [6, 6.07) is 2.99. The van der Waals surface area contributed by atoms with Crippen molar-refractivity contribution in [1.29, 1.82) is 0 Å². The molecule has 0 amide bonds. The van der Waals surface area contributed by atoms with Crippen LogP contribution in [0.25, 0.3) is 0 Å². The van der Waals surface area contributed by atoms with Gasteiger partial charge in [0.25, 0.3) is 0 Å². The number of benzene rings is 1. The topological polar surface area (TPSA) is 86.7 Å². The summed E-state index contributed by atoms with van der Waals surface area (Å²) in [4.78, 5) is 13.7. The molecule has 1 atom stereocenters. The van der Waals surface area contributed by atoms with Crippen LogP contribution in [0.5, 0.6) is 0 Å². The molecule has 2 N–H and O–H groups in total. The molecule has 0 heterocycles. The van der Waals surface area contributed by atoms with Crippen molar-refractivity contribution in [2.45, 2.75) is 57.4 Å². The maximum Gasteiger partial charge on any atom is 0.335 e. The van der Waals surface area contributed by atoms with Gasteiger partial charge in [-0.2, -0.15) is 0 Å². The van der Waals surface area contributed by atoms with Crippen LogP contribution in [-0.4, -0.2) is 50.1 Å². The Morgan fingerprint density at radius 3 is 2.48 bits per heavy atom. The highest BCUT2D eigenvalue weighted by molar-refractivity contribution is 7.89. The second-order valence-corrected chi connectivity index (χ2v) is 8.28. The number of nitrogens with zero attached hydrogens (tertiary/aromatic N) is 1. The van der Waals surface area contributed by atoms with Crippen molar-refractivity contribution in [3.05, 3.63) is 28.8 Å². The van der Waals surface area contributed by atoms with Crippen LogP contribution in [0, 0.1) is 0 Å². The lowest BCUT2D eigenvalue weighted by Gasteiger charge is -2.27. The normalized spacial score (nSPS) is 15.8. The van der Waals surface area contributed by atoms with Crippen molar-refractivity contribution >= 4 is 16.0 Å². The van der Waals surface area contributed by atoms with Crippen LogP contribution in [0.1, 0.15) is 55.1 Å². The number of rotatable bonds is 8. The van der Waals surface area contributed by atoms with Crippen molar-refractivity contribution < 1.29 is 18.3 Å². The number of fused-ring (bicyclic) bond motifs is 1. The van der Waals surface area contributed by atoms with Gasteiger partial charge in [0.05, 0.1) is 10.5 Å². The van der Waals surface area contributed by atoms with Crippen LogP contribution >= 0.6 is 0 Å². The number of hydrogen-bond acceptors (Lipinski definition) is 4. The summed E-state index contributed by atoms with van der Waals surface area (Å²) < 4.78 is 28.4. The minimum Gasteiger partial charge on any atom is -0.478 e. The number of aryl methyl sites for hydroxylation is 1. The molecule has 0 saturated carbocycles. The fourth-order valence-corrected chi connectivity index (χ4v) is 4.93. The molecular formula is C18H28N2O4S. The molecule has 0 aromatic heterocycles. The summed E-state index contributed by atoms with van der Waals surface area (Å²) >= 11 is 0. The summed E-state index contributed by atoms with van der Waals surface area (Å²) in [5.41, 5.74) is 1.67. The molecule has 1 aromatic carbocycles. The van der Waals surface area contributed by atoms with E-state index in [0.717, 1.165) is 43.5 Å². The number of carboxylic acids is 1. The zero-order chi connectivity index (χ0) is 18.6. The van der Waals surface area contributed by atoms with E-state index in [1.54, 1.807) is 6.07 Å². The van der Waals surface area contributed by atoms with Crippen LogP contribution in [0.3, 0.4) is 0 Å². The summed E-state index contributed by atoms with van der Waals surface area (Å²) in [7, 11) is -3.74. The van der Waals surface area contributed by atoms with E-state index in [9.17, 15) is 18.3 Å². The first-order chi connectivity index (χ1) is 11.8. The zero-order valence-electron chi connectivity index (χ0n) is 15.2. The van der Waals surface area contributed by atoms with E-state index in [1.807, 2.05) is 20.8 Å². The molecule has 0 aliphatic heterocycles. The molecule has 1 unspecified atom stereocenters. The maximum absolute atomic E-state index is 12.9. The molecule has 140 valence electrons. The summed E-state index contributed by atoms with van der Waals surface area (Å²) in [5.74, 6) is -1.10. The van der Waals surface area contributed by atoms with Gasteiger partial charge in [-0.3, -0.25) is 4.90 Å². The Bertz CT molecular complexity index is 727. The quantitative estimate of drug-likeness (QED) is 0.735. The predicted molar refractivity (Wildman–Crippen MR) is 97.6 cm³/mol. The van der Waals surface area contributed by atoms with E-state index in [0.29, 0.717) is 13.0 Å². The largest absolute Gasteiger partial charge is 0.478 e. The molecule has 0 bridgehead atoms. The van der Waals surface area contributed by atoms with Gasteiger partial charge in [0, 0.05) is 12.6 Å². The molecule has 6 nitrogen and oxygen atoms in total. The van der Waals surface area contributed by atoms with Gasteiger partial charge in [-0.25, -0.2) is 17.9 Å². The lowest BCUT2D eigenvalue weighted by molar-refractivity contribution is 0.0696. The molecule has 1 aliphatic rings. The summed E-state index contributed by atoms with van der Waals surface area (Å²) in [6.45, 7) is 8.07. The highest BCUT2D eigenvalue weighted by atomic mass is 32.2. The second kappa shape index (κ2) is 8.29. The van der Waals surface area contributed by atoms with E-state index >= 15 is 0 Å². The SMILES string of the molecule is CCN(CC)C(C)CNS(=O)(=O)c1cc(C(=O)O)cc2c1CCCC2. The molecule has 25 heavy (non-hydrogen) atoms. The number of aromatic carboxylic acids is 1. The highest BCUT2D eigenvalue weighted by Crippen LogP contribution is 2.29. The average Bonchev–Trinajstić information content (AvgIpc) is 2.60. The minimum absolute atomic E-state index is 0.0396. The third-order valence-electron chi connectivity index (χ3n) is 4.97. The second-order valence-electron chi connectivity index (χ2n) is 6.55. The number of sulfonamides is 1. The minimum atomic E-state index is -3.74. The van der Waals surface area contributed by atoms with Crippen LogP contribution in [-0.2, 0) is 22.9 Å². The van der Waals surface area contributed by atoms with Crippen LogP contribution < -0.4 is 4.72 Å². The van der Waals surface area contributed by atoms with E-state index in [4.69, 9.17) is 0 Å². The van der Waals surface area contributed by atoms with E-state index in [-0.39, 0.29) is 16.5 Å². The smallest absolute Gasteiger partial charge is 0.335 e. The Morgan fingerprint density at radius 2 is 1.88 bits per heavy atom. The maximum atomic E-state index is 12.9. The van der Waals surface area contributed by atoms with Gasteiger partial charge >= 0.3 is 5.97 Å². The van der Waals surface area contributed by atoms with E-state index < -0.39 is 16.0 Å². The van der Waals surface area contributed by atoms with Gasteiger partial charge in [0.15, 0.2) is 0 Å². The lowest BCUT2D eigenvalue weighted by atomic mass is 9.90. The van der Waals surface area contributed by atoms with Gasteiger partial charge in [0.1, 0.15) is 0 Å². The highest BCUT2D eigenvalue weighted by Gasteiger charge is 2.26. The van der Waals surface area contributed by atoms with E-state index in [2.05, 4.69) is 9.62 Å². The van der Waals surface area contributed by atoms with Crippen molar-refractivity contribution in [2.24, 2.45) is 0 Å². The third-order valence-corrected chi connectivity index (χ3v) is 6.46. The standard InChI is InChI=1S/C18H28N2O4S/c1-4-20(5-2)13(3)12-19-25(23,24)17-11-15(18(21)22)10-14-8-6-7-9-16(14)17/h10-11,13,19H,4-9,12H2,1-3H3,(H,21,22). The molecular weight excluding hydrogens is 340 g/mol. The van der Waals surface area contributed by atoms with Crippen molar-refractivity contribution in [3.63, 3.8) is 0 Å². The monoisotopic (exact) mass is 368 g/mol. The first-order valence-electron chi connectivity index (χ1n) is 8.93. The molecule has 0 fully saturated rings. The summed E-state index contributed by atoms with van der Waals surface area (Å²) in [5, 5.41) is 9.31. The van der Waals surface area contributed by atoms with Gasteiger partial charge in [-0.1, -0.05) is 13.8 Å². The molecule has 0 saturated heterocycles. The fourth-order valence-electron chi connectivity index (χ4n) is 3.47. The lowest BCUT2D eigenvalue weighted by Crippen LogP contribution is -2.42. The predicted octanol–water partition coefficient (Wildman–Crippen LogP) is 2.27. The van der Waals surface area contributed by atoms with Crippen molar-refractivity contribution in [3.8, 4) is 0 Å². The molecule has 2 rings (SSSR count). The summed E-state index contributed by atoms with van der Waals surface area (Å²) in [6.07, 6.45) is 3.30. The molecule has 1 aromatic rings. The number of carbonyl (C=O) groups is 1. The first kappa shape index (κ1) is 19.9. The Hall–Kier alpha value is -1.44. The number of likely N-dealkylation sites (N-methyl/N-ethyl adjacent to an activating group) is 1. The van der Waals surface area contributed by atoms with Crippen LogP contribution in [0.4, 0.5) is 0 Å². The Balaban J connectivity index is 2.32. The first-order valence-corrected chi connectivity index (χ1v) is 10.4. The van der Waals surface area contributed by atoms with Gasteiger partial charge in [0.2, 0.25) is 10.0 Å². The Morgan fingerprint density at radius 1 is 1.24 bits per heavy atom.